The van der Waals surface area contributed by atoms with E-state index in [4.69, 9.17) is 14.6 Å². The highest BCUT2D eigenvalue weighted by Crippen LogP contribution is 2.22. The normalized spacial score (nSPS) is 23.6. The van der Waals surface area contributed by atoms with Crippen LogP contribution in [0.15, 0.2) is 24.3 Å². The molecule has 1 heterocycles. The van der Waals surface area contributed by atoms with Crippen LogP contribution in [0.4, 0.5) is 0 Å². The number of benzene rings is 1. The molecular weight excluding hydrogens is 234 g/mol. The number of carboxylic acid groups (broad SMARTS) is 1. The van der Waals surface area contributed by atoms with E-state index in [0.29, 0.717) is 13.2 Å². The second-order valence-electron chi connectivity index (χ2n) is 4.12. The van der Waals surface area contributed by atoms with E-state index in [-0.39, 0.29) is 12.7 Å². The van der Waals surface area contributed by atoms with Crippen molar-refractivity contribution >= 4 is 5.97 Å². The van der Waals surface area contributed by atoms with Gasteiger partial charge in [-0.15, -0.1) is 0 Å². The molecule has 1 aromatic rings. The molecule has 18 heavy (non-hydrogen) atoms. The quantitative estimate of drug-likeness (QED) is 0.841. The number of aliphatic carboxylic acids is 1. The Morgan fingerprint density at radius 2 is 2.22 bits per heavy atom. The molecule has 2 unspecified atom stereocenters. The van der Waals surface area contributed by atoms with Gasteiger partial charge in [0, 0.05) is 6.54 Å². The zero-order valence-corrected chi connectivity index (χ0v) is 10.3. The van der Waals surface area contributed by atoms with Crippen molar-refractivity contribution in [3.05, 3.63) is 29.8 Å². The molecule has 0 spiro atoms. The topological polar surface area (TPSA) is 67.8 Å². The molecule has 5 heteroatoms. The van der Waals surface area contributed by atoms with Crippen LogP contribution in [0.2, 0.25) is 0 Å². The minimum atomic E-state index is -0.875. The van der Waals surface area contributed by atoms with Gasteiger partial charge in [0.1, 0.15) is 11.8 Å². The van der Waals surface area contributed by atoms with Crippen molar-refractivity contribution in [1.29, 1.82) is 0 Å². The summed E-state index contributed by atoms with van der Waals surface area (Å²) in [5.41, 5.74) is 1.02. The average molecular weight is 251 g/mol. The second kappa shape index (κ2) is 5.84. The maximum atomic E-state index is 10.8. The number of carboxylic acids is 1. The number of nitrogens with one attached hydrogen (secondary N) is 1. The molecule has 1 saturated heterocycles. The van der Waals surface area contributed by atoms with E-state index < -0.39 is 12.0 Å². The second-order valence-corrected chi connectivity index (χ2v) is 4.12. The number of ether oxygens (including phenoxy) is 2. The molecule has 2 atom stereocenters. The summed E-state index contributed by atoms with van der Waals surface area (Å²) in [6.07, 6.45) is -0.101. The summed E-state index contributed by atoms with van der Waals surface area (Å²) in [6.45, 7) is 3.27. The minimum absolute atomic E-state index is 0.101. The van der Waals surface area contributed by atoms with E-state index in [2.05, 4.69) is 5.32 Å². The van der Waals surface area contributed by atoms with Gasteiger partial charge >= 0.3 is 5.97 Å². The molecule has 2 N–H and O–H groups in total. The summed E-state index contributed by atoms with van der Waals surface area (Å²) in [7, 11) is 0. The number of hydrogen-bond acceptors (Lipinski definition) is 4. The fraction of sp³-hybridized carbons (Fsp3) is 0.462. The number of carbonyl (C=O) groups is 1. The van der Waals surface area contributed by atoms with Crippen LogP contribution in [0.1, 0.15) is 18.6 Å². The summed E-state index contributed by atoms with van der Waals surface area (Å²) in [5, 5.41) is 11.8. The number of hydrogen-bond donors (Lipinski definition) is 2. The smallest absolute Gasteiger partial charge is 0.323 e. The predicted octanol–water partition coefficient (Wildman–Crippen LogP) is 1.20. The van der Waals surface area contributed by atoms with Crippen LogP contribution in [0, 0.1) is 0 Å². The van der Waals surface area contributed by atoms with Crippen LogP contribution < -0.4 is 10.1 Å². The number of rotatable bonds is 4. The van der Waals surface area contributed by atoms with E-state index >= 15 is 0 Å². The summed E-state index contributed by atoms with van der Waals surface area (Å²) in [4.78, 5) is 10.8. The third kappa shape index (κ3) is 3.00. The van der Waals surface area contributed by atoms with Crippen LogP contribution in [-0.4, -0.2) is 36.9 Å². The van der Waals surface area contributed by atoms with E-state index in [1.54, 1.807) is 0 Å². The first-order chi connectivity index (χ1) is 8.70. The van der Waals surface area contributed by atoms with Crippen molar-refractivity contribution < 1.29 is 19.4 Å². The van der Waals surface area contributed by atoms with Gasteiger partial charge in [0.2, 0.25) is 0 Å². The predicted molar refractivity (Wildman–Crippen MR) is 65.7 cm³/mol. The van der Waals surface area contributed by atoms with E-state index in [1.165, 1.54) is 0 Å². The summed E-state index contributed by atoms with van der Waals surface area (Å²) in [6, 6.07) is 7.07. The summed E-state index contributed by atoms with van der Waals surface area (Å²) >= 11 is 0. The Hall–Kier alpha value is -1.59. The minimum Gasteiger partial charge on any atom is -0.494 e. The summed E-state index contributed by atoms with van der Waals surface area (Å²) in [5.74, 6) is -0.0476. The van der Waals surface area contributed by atoms with Gasteiger partial charge in [-0.2, -0.15) is 0 Å². The first kappa shape index (κ1) is 12.9. The van der Waals surface area contributed by atoms with Gasteiger partial charge in [-0.3, -0.25) is 10.1 Å². The molecule has 0 radical (unpaired) electrons. The zero-order chi connectivity index (χ0) is 13.0. The number of morpholine rings is 1. The molecule has 0 amide bonds. The van der Waals surface area contributed by atoms with Gasteiger partial charge in [-0.1, -0.05) is 12.1 Å². The third-order valence-corrected chi connectivity index (χ3v) is 2.87. The standard InChI is InChI=1S/C13H17NO4/c1-2-17-10-5-3-9(4-6-10)12-7-14-11(8-18-12)13(15)16/h3-6,11-12,14H,2,7-8H2,1H3,(H,15,16). The molecule has 1 fully saturated rings. The van der Waals surface area contributed by atoms with Crippen molar-refractivity contribution in [1.82, 2.24) is 5.32 Å². The van der Waals surface area contributed by atoms with Crippen molar-refractivity contribution in [2.24, 2.45) is 0 Å². The Bertz CT molecular complexity index is 396. The molecule has 0 saturated carbocycles. The van der Waals surface area contributed by atoms with Crippen molar-refractivity contribution in [3.63, 3.8) is 0 Å². The molecule has 0 aromatic heterocycles. The zero-order valence-electron chi connectivity index (χ0n) is 10.3. The Morgan fingerprint density at radius 1 is 1.50 bits per heavy atom. The van der Waals surface area contributed by atoms with Crippen molar-refractivity contribution in [3.8, 4) is 5.75 Å². The van der Waals surface area contributed by atoms with Gasteiger partial charge < -0.3 is 14.6 Å². The highest BCUT2D eigenvalue weighted by molar-refractivity contribution is 5.73. The van der Waals surface area contributed by atoms with Gasteiger partial charge in [-0.25, -0.2) is 0 Å². The van der Waals surface area contributed by atoms with E-state index in [0.717, 1.165) is 11.3 Å². The molecule has 0 aliphatic carbocycles. The van der Waals surface area contributed by atoms with E-state index in [1.807, 2.05) is 31.2 Å². The van der Waals surface area contributed by atoms with Crippen LogP contribution in [-0.2, 0) is 9.53 Å². The Kier molecular flexibility index (Phi) is 4.17. The van der Waals surface area contributed by atoms with Gasteiger partial charge in [0.15, 0.2) is 0 Å². The molecule has 5 nitrogen and oxygen atoms in total. The lowest BCUT2D eigenvalue weighted by atomic mass is 10.1. The van der Waals surface area contributed by atoms with Crippen LogP contribution >= 0.6 is 0 Å². The van der Waals surface area contributed by atoms with E-state index in [9.17, 15) is 4.79 Å². The highest BCUT2D eigenvalue weighted by atomic mass is 16.5. The third-order valence-electron chi connectivity index (χ3n) is 2.87. The van der Waals surface area contributed by atoms with Crippen LogP contribution in [0.25, 0.3) is 0 Å². The largest absolute Gasteiger partial charge is 0.494 e. The fourth-order valence-electron chi connectivity index (χ4n) is 1.90. The van der Waals surface area contributed by atoms with Gasteiger partial charge in [0.05, 0.1) is 19.3 Å². The Labute approximate surface area is 106 Å². The lowest BCUT2D eigenvalue weighted by Crippen LogP contribution is -2.47. The Balaban J connectivity index is 1.95. The maximum Gasteiger partial charge on any atom is 0.323 e. The molecule has 1 aliphatic rings. The fourth-order valence-corrected chi connectivity index (χ4v) is 1.90. The lowest BCUT2D eigenvalue weighted by molar-refractivity contribution is -0.144. The molecule has 98 valence electrons. The monoisotopic (exact) mass is 251 g/mol. The SMILES string of the molecule is CCOc1ccc(C2CNC(C(=O)O)CO2)cc1. The van der Waals surface area contributed by atoms with Gasteiger partial charge in [-0.05, 0) is 24.6 Å². The molecule has 1 aromatic carbocycles. The average Bonchev–Trinajstić information content (AvgIpc) is 2.40. The van der Waals surface area contributed by atoms with Crippen LogP contribution in [0.5, 0.6) is 5.75 Å². The lowest BCUT2D eigenvalue weighted by Gasteiger charge is -2.28. The van der Waals surface area contributed by atoms with Crippen LogP contribution in [0.3, 0.4) is 0 Å². The molecule has 0 bridgehead atoms. The van der Waals surface area contributed by atoms with Gasteiger partial charge in [0.25, 0.3) is 0 Å². The Morgan fingerprint density at radius 3 is 2.72 bits per heavy atom. The highest BCUT2D eigenvalue weighted by Gasteiger charge is 2.26. The molecule has 1 aliphatic heterocycles. The first-order valence-corrected chi connectivity index (χ1v) is 6.01. The molecule has 2 rings (SSSR count). The first-order valence-electron chi connectivity index (χ1n) is 6.01. The maximum absolute atomic E-state index is 10.8. The summed E-state index contributed by atoms with van der Waals surface area (Å²) < 4.78 is 10.9. The van der Waals surface area contributed by atoms with Crippen molar-refractivity contribution in [2.75, 3.05) is 19.8 Å². The molecular formula is C13H17NO4. The van der Waals surface area contributed by atoms with Crippen molar-refractivity contribution in [2.45, 2.75) is 19.1 Å².